The summed E-state index contributed by atoms with van der Waals surface area (Å²) in [6.45, 7) is 4.86. The number of benzene rings is 3. The maximum atomic E-state index is 13.1. The molecule has 0 radical (unpaired) electrons. The Hall–Kier alpha value is -3.56. The standard InChI is InChI=1S/C26H30N4O4S/c1-20(26(31)28-21-11-13-24(14-12-21)30-15-17-34-18-16-30)27-22-7-6-10-25(19-22)35(32,33)29(2)23-8-4-3-5-9-23/h3-14,19-20,27H,15-18H2,1-2H3,(H,28,31). The number of para-hydroxylation sites is 1. The molecule has 4 rings (SSSR count). The zero-order chi connectivity index (χ0) is 24.8. The van der Waals surface area contributed by atoms with Crippen molar-refractivity contribution in [3.63, 3.8) is 0 Å². The molecule has 2 N–H and O–H groups in total. The van der Waals surface area contributed by atoms with Gasteiger partial charge in [-0.2, -0.15) is 0 Å². The quantitative estimate of drug-likeness (QED) is 0.495. The Kier molecular flexibility index (Phi) is 7.57. The number of carbonyl (C=O) groups excluding carboxylic acids is 1. The Morgan fingerprint density at radius 1 is 0.943 bits per heavy atom. The van der Waals surface area contributed by atoms with Crippen LogP contribution in [0.4, 0.5) is 22.7 Å². The molecule has 1 saturated heterocycles. The van der Waals surface area contributed by atoms with E-state index in [1.807, 2.05) is 30.3 Å². The average Bonchev–Trinajstić information content (AvgIpc) is 2.89. The van der Waals surface area contributed by atoms with E-state index in [1.54, 1.807) is 49.4 Å². The topological polar surface area (TPSA) is 91.0 Å². The van der Waals surface area contributed by atoms with Crippen LogP contribution in [0.5, 0.6) is 0 Å². The van der Waals surface area contributed by atoms with E-state index in [2.05, 4.69) is 15.5 Å². The molecule has 0 bridgehead atoms. The monoisotopic (exact) mass is 494 g/mol. The van der Waals surface area contributed by atoms with Gasteiger partial charge in [0.25, 0.3) is 10.0 Å². The van der Waals surface area contributed by atoms with E-state index in [0.29, 0.717) is 30.3 Å². The number of hydrogen-bond acceptors (Lipinski definition) is 6. The van der Waals surface area contributed by atoms with Crippen LogP contribution >= 0.6 is 0 Å². The van der Waals surface area contributed by atoms with Gasteiger partial charge in [-0.25, -0.2) is 8.42 Å². The lowest BCUT2D eigenvalue weighted by atomic mass is 10.2. The van der Waals surface area contributed by atoms with E-state index >= 15 is 0 Å². The van der Waals surface area contributed by atoms with Gasteiger partial charge in [0.05, 0.1) is 23.8 Å². The summed E-state index contributed by atoms with van der Waals surface area (Å²) in [5, 5.41) is 6.00. The van der Waals surface area contributed by atoms with Gasteiger partial charge in [-0.1, -0.05) is 24.3 Å². The van der Waals surface area contributed by atoms with Crippen LogP contribution in [-0.4, -0.2) is 53.7 Å². The number of nitrogens with one attached hydrogen (secondary N) is 2. The zero-order valence-electron chi connectivity index (χ0n) is 19.8. The van der Waals surface area contributed by atoms with Gasteiger partial charge in [0.1, 0.15) is 6.04 Å². The minimum Gasteiger partial charge on any atom is -0.378 e. The molecule has 0 saturated carbocycles. The Labute approximate surface area is 206 Å². The maximum absolute atomic E-state index is 13.1. The molecule has 9 heteroatoms. The van der Waals surface area contributed by atoms with E-state index in [1.165, 1.54) is 17.4 Å². The van der Waals surface area contributed by atoms with Gasteiger partial charge in [0.2, 0.25) is 5.91 Å². The van der Waals surface area contributed by atoms with Crippen molar-refractivity contribution in [1.29, 1.82) is 0 Å². The fraction of sp³-hybridized carbons (Fsp3) is 0.269. The SMILES string of the molecule is CC(Nc1cccc(S(=O)(=O)N(C)c2ccccc2)c1)C(=O)Nc1ccc(N2CCOCC2)cc1. The second kappa shape index (κ2) is 10.8. The summed E-state index contributed by atoms with van der Waals surface area (Å²) >= 11 is 0. The fourth-order valence-corrected chi connectivity index (χ4v) is 5.07. The molecule has 3 aromatic rings. The Balaban J connectivity index is 1.39. The smallest absolute Gasteiger partial charge is 0.264 e. The first kappa shape index (κ1) is 24.6. The highest BCUT2D eigenvalue weighted by molar-refractivity contribution is 7.92. The summed E-state index contributed by atoms with van der Waals surface area (Å²) in [6, 6.07) is 22.5. The van der Waals surface area contributed by atoms with E-state index in [-0.39, 0.29) is 10.8 Å². The number of nitrogens with zero attached hydrogens (tertiary/aromatic N) is 2. The molecule has 0 aromatic heterocycles. The summed E-state index contributed by atoms with van der Waals surface area (Å²) in [7, 11) is -2.23. The highest BCUT2D eigenvalue weighted by atomic mass is 32.2. The molecule has 35 heavy (non-hydrogen) atoms. The number of rotatable bonds is 8. The molecule has 1 unspecified atom stereocenters. The molecule has 1 aliphatic heterocycles. The van der Waals surface area contributed by atoms with Crippen LogP contribution in [0.1, 0.15) is 6.92 Å². The molecule has 1 heterocycles. The van der Waals surface area contributed by atoms with E-state index in [9.17, 15) is 13.2 Å². The predicted molar refractivity (Wildman–Crippen MR) is 140 cm³/mol. The minimum absolute atomic E-state index is 0.139. The Morgan fingerprint density at radius 3 is 2.31 bits per heavy atom. The average molecular weight is 495 g/mol. The lowest BCUT2D eigenvalue weighted by Crippen LogP contribution is -2.36. The number of amides is 1. The molecule has 1 atom stereocenters. The van der Waals surface area contributed by atoms with Gasteiger partial charge in [-0.3, -0.25) is 9.10 Å². The highest BCUT2D eigenvalue weighted by Gasteiger charge is 2.22. The third-order valence-electron chi connectivity index (χ3n) is 5.90. The molecular weight excluding hydrogens is 464 g/mol. The third-order valence-corrected chi connectivity index (χ3v) is 7.68. The molecular formula is C26H30N4O4S. The summed E-state index contributed by atoms with van der Waals surface area (Å²) in [5.74, 6) is -0.223. The highest BCUT2D eigenvalue weighted by Crippen LogP contribution is 2.24. The van der Waals surface area contributed by atoms with E-state index in [4.69, 9.17) is 4.74 Å². The zero-order valence-corrected chi connectivity index (χ0v) is 20.7. The molecule has 0 aliphatic carbocycles. The molecule has 1 fully saturated rings. The van der Waals surface area contributed by atoms with Crippen LogP contribution in [0.2, 0.25) is 0 Å². The number of anilines is 4. The first-order valence-corrected chi connectivity index (χ1v) is 12.9. The van der Waals surface area contributed by atoms with Crippen molar-refractivity contribution >= 4 is 38.7 Å². The second-order valence-corrected chi connectivity index (χ2v) is 10.3. The number of morpholine rings is 1. The summed E-state index contributed by atoms with van der Waals surface area (Å²) in [4.78, 5) is 15.1. The molecule has 1 aliphatic rings. The van der Waals surface area contributed by atoms with Crippen molar-refractivity contribution in [2.75, 3.05) is 53.2 Å². The Bertz CT molecular complexity index is 1240. The number of sulfonamides is 1. The van der Waals surface area contributed by atoms with Crippen molar-refractivity contribution in [2.45, 2.75) is 17.9 Å². The van der Waals surface area contributed by atoms with Crippen LogP contribution in [0.15, 0.2) is 83.8 Å². The van der Waals surface area contributed by atoms with Crippen molar-refractivity contribution in [3.05, 3.63) is 78.9 Å². The van der Waals surface area contributed by atoms with Gasteiger partial charge in [-0.05, 0) is 61.5 Å². The van der Waals surface area contributed by atoms with Crippen LogP contribution in [0.25, 0.3) is 0 Å². The first-order chi connectivity index (χ1) is 16.8. The molecule has 3 aromatic carbocycles. The lowest BCUT2D eigenvalue weighted by molar-refractivity contribution is -0.116. The molecule has 1 amide bonds. The van der Waals surface area contributed by atoms with Crippen LogP contribution < -0.4 is 19.8 Å². The van der Waals surface area contributed by atoms with Crippen molar-refractivity contribution < 1.29 is 17.9 Å². The van der Waals surface area contributed by atoms with Crippen molar-refractivity contribution in [1.82, 2.24) is 0 Å². The van der Waals surface area contributed by atoms with Crippen LogP contribution in [0.3, 0.4) is 0 Å². The second-order valence-electron chi connectivity index (χ2n) is 8.34. The lowest BCUT2D eigenvalue weighted by Gasteiger charge is -2.29. The summed E-state index contributed by atoms with van der Waals surface area (Å²) < 4.78 is 32.8. The number of hydrogen-bond donors (Lipinski definition) is 2. The molecule has 8 nitrogen and oxygen atoms in total. The van der Waals surface area contributed by atoms with Gasteiger partial charge < -0.3 is 20.3 Å². The van der Waals surface area contributed by atoms with Gasteiger partial charge in [0.15, 0.2) is 0 Å². The van der Waals surface area contributed by atoms with Gasteiger partial charge in [0, 0.05) is 37.2 Å². The van der Waals surface area contributed by atoms with E-state index in [0.717, 1.165) is 18.8 Å². The third kappa shape index (κ3) is 5.93. The fourth-order valence-electron chi connectivity index (χ4n) is 3.82. The van der Waals surface area contributed by atoms with Crippen LogP contribution in [-0.2, 0) is 19.6 Å². The molecule has 184 valence electrons. The number of ether oxygens (including phenoxy) is 1. The predicted octanol–water partition coefficient (Wildman–Crippen LogP) is 3.79. The summed E-state index contributed by atoms with van der Waals surface area (Å²) in [5.41, 5.74) is 2.90. The maximum Gasteiger partial charge on any atom is 0.264 e. The minimum atomic E-state index is -3.75. The molecule has 0 spiro atoms. The van der Waals surface area contributed by atoms with Gasteiger partial charge in [-0.15, -0.1) is 0 Å². The largest absolute Gasteiger partial charge is 0.378 e. The normalized spacial score (nSPS) is 14.7. The first-order valence-electron chi connectivity index (χ1n) is 11.5. The summed E-state index contributed by atoms with van der Waals surface area (Å²) in [6.07, 6.45) is 0. The van der Waals surface area contributed by atoms with E-state index < -0.39 is 16.1 Å². The number of carbonyl (C=O) groups is 1. The van der Waals surface area contributed by atoms with Crippen LogP contribution in [0, 0.1) is 0 Å². The Morgan fingerprint density at radius 2 is 1.63 bits per heavy atom. The van der Waals surface area contributed by atoms with Crippen molar-refractivity contribution in [2.24, 2.45) is 0 Å². The van der Waals surface area contributed by atoms with Crippen molar-refractivity contribution in [3.8, 4) is 0 Å². The van der Waals surface area contributed by atoms with Gasteiger partial charge >= 0.3 is 0 Å².